The van der Waals surface area contributed by atoms with Gasteiger partial charge in [-0.25, -0.2) is 0 Å². The van der Waals surface area contributed by atoms with Crippen LogP contribution in [0.2, 0.25) is 0 Å². The first kappa shape index (κ1) is 13.4. The zero-order valence-electron chi connectivity index (χ0n) is 12.2. The molecule has 1 aliphatic heterocycles. The number of benzene rings is 1. The van der Waals surface area contributed by atoms with Crippen LogP contribution in [0.25, 0.3) is 0 Å². The molecule has 2 unspecified atom stereocenters. The third-order valence-corrected chi connectivity index (χ3v) is 4.19. The van der Waals surface area contributed by atoms with E-state index in [0.717, 1.165) is 6.54 Å². The molecule has 1 heterocycles. The fourth-order valence-corrected chi connectivity index (χ4v) is 2.93. The number of piperidine rings is 1. The van der Waals surface area contributed by atoms with Crippen LogP contribution in [0, 0.1) is 13.8 Å². The van der Waals surface area contributed by atoms with Crippen LogP contribution < -0.4 is 10.2 Å². The van der Waals surface area contributed by atoms with Gasteiger partial charge in [-0.1, -0.05) is 13.0 Å². The van der Waals surface area contributed by atoms with Crippen molar-refractivity contribution >= 4 is 5.69 Å². The Balaban J connectivity index is 2.08. The smallest absolute Gasteiger partial charge is 0.0371 e. The summed E-state index contributed by atoms with van der Waals surface area (Å²) in [7, 11) is 0. The largest absolute Gasteiger partial charge is 0.369 e. The number of hydrogen-bond acceptors (Lipinski definition) is 2. The molecule has 1 N–H and O–H groups in total. The highest BCUT2D eigenvalue weighted by Crippen LogP contribution is 2.26. The third kappa shape index (κ3) is 2.86. The fourth-order valence-electron chi connectivity index (χ4n) is 2.93. The second-order valence-corrected chi connectivity index (χ2v) is 5.59. The highest BCUT2D eigenvalue weighted by Gasteiger charge is 2.24. The average molecular weight is 246 g/mol. The van der Waals surface area contributed by atoms with Crippen molar-refractivity contribution in [3.63, 3.8) is 0 Å². The van der Waals surface area contributed by atoms with Crippen molar-refractivity contribution < 1.29 is 0 Å². The molecule has 0 aliphatic carbocycles. The van der Waals surface area contributed by atoms with Crippen LogP contribution in [0.4, 0.5) is 5.69 Å². The van der Waals surface area contributed by atoms with Crippen molar-refractivity contribution in [2.45, 2.75) is 52.6 Å². The molecule has 2 rings (SSSR count). The number of aryl methyl sites for hydroxylation is 2. The molecular formula is C16H26N2. The van der Waals surface area contributed by atoms with E-state index < -0.39 is 0 Å². The SMILES string of the molecule is CCNC1CCN(c2ccc(C)c(C)c2)C(C)C1. The van der Waals surface area contributed by atoms with Gasteiger partial charge in [-0.2, -0.15) is 0 Å². The molecule has 0 amide bonds. The van der Waals surface area contributed by atoms with E-state index in [-0.39, 0.29) is 0 Å². The normalized spacial score (nSPS) is 24.3. The van der Waals surface area contributed by atoms with E-state index in [9.17, 15) is 0 Å². The number of nitrogens with one attached hydrogen (secondary N) is 1. The average Bonchev–Trinajstić information content (AvgIpc) is 2.34. The molecule has 0 radical (unpaired) electrons. The summed E-state index contributed by atoms with van der Waals surface area (Å²) in [5.41, 5.74) is 4.17. The van der Waals surface area contributed by atoms with E-state index in [2.05, 4.69) is 56.1 Å². The van der Waals surface area contributed by atoms with E-state index >= 15 is 0 Å². The highest BCUT2D eigenvalue weighted by molar-refractivity contribution is 5.51. The van der Waals surface area contributed by atoms with Gasteiger partial charge in [0.25, 0.3) is 0 Å². The molecule has 2 atom stereocenters. The maximum Gasteiger partial charge on any atom is 0.0371 e. The first-order chi connectivity index (χ1) is 8.61. The summed E-state index contributed by atoms with van der Waals surface area (Å²) in [6.07, 6.45) is 2.51. The Kier molecular flexibility index (Phi) is 4.28. The van der Waals surface area contributed by atoms with Gasteiger partial charge < -0.3 is 10.2 Å². The second kappa shape index (κ2) is 5.75. The van der Waals surface area contributed by atoms with E-state index in [1.807, 2.05) is 0 Å². The summed E-state index contributed by atoms with van der Waals surface area (Å²) in [6.45, 7) is 11.2. The Morgan fingerprint density at radius 3 is 2.67 bits per heavy atom. The number of hydrogen-bond donors (Lipinski definition) is 1. The van der Waals surface area contributed by atoms with Gasteiger partial charge in [0.1, 0.15) is 0 Å². The maximum atomic E-state index is 3.58. The van der Waals surface area contributed by atoms with E-state index in [0.29, 0.717) is 12.1 Å². The standard InChI is InChI=1S/C16H26N2/c1-5-17-15-8-9-18(14(4)11-15)16-7-6-12(2)13(3)10-16/h6-7,10,14-15,17H,5,8-9,11H2,1-4H3. The summed E-state index contributed by atoms with van der Waals surface area (Å²) in [5.74, 6) is 0. The van der Waals surface area contributed by atoms with Gasteiger partial charge in [0.15, 0.2) is 0 Å². The minimum atomic E-state index is 0.630. The first-order valence-corrected chi connectivity index (χ1v) is 7.19. The predicted molar refractivity (Wildman–Crippen MR) is 79.4 cm³/mol. The van der Waals surface area contributed by atoms with Gasteiger partial charge in [0.05, 0.1) is 0 Å². The molecule has 2 heteroatoms. The minimum absolute atomic E-state index is 0.630. The van der Waals surface area contributed by atoms with E-state index in [1.54, 1.807) is 0 Å². The van der Waals surface area contributed by atoms with Crippen molar-refractivity contribution in [2.24, 2.45) is 0 Å². The summed E-state index contributed by atoms with van der Waals surface area (Å²) in [5, 5.41) is 3.58. The fraction of sp³-hybridized carbons (Fsp3) is 0.625. The Labute approximate surface area is 111 Å². The topological polar surface area (TPSA) is 15.3 Å². The van der Waals surface area contributed by atoms with Gasteiger partial charge in [-0.3, -0.25) is 0 Å². The van der Waals surface area contributed by atoms with E-state index in [4.69, 9.17) is 0 Å². The molecular weight excluding hydrogens is 220 g/mol. The molecule has 1 saturated heterocycles. The molecule has 1 aromatic carbocycles. The lowest BCUT2D eigenvalue weighted by atomic mass is 9.97. The number of nitrogens with zero attached hydrogens (tertiary/aromatic N) is 1. The number of anilines is 1. The Morgan fingerprint density at radius 2 is 2.06 bits per heavy atom. The van der Waals surface area contributed by atoms with Crippen molar-refractivity contribution in [3.05, 3.63) is 29.3 Å². The molecule has 1 aliphatic rings. The van der Waals surface area contributed by atoms with Gasteiger partial charge in [-0.15, -0.1) is 0 Å². The van der Waals surface area contributed by atoms with Crippen molar-refractivity contribution in [1.29, 1.82) is 0 Å². The molecule has 0 bridgehead atoms. The zero-order valence-corrected chi connectivity index (χ0v) is 12.2. The Morgan fingerprint density at radius 1 is 1.28 bits per heavy atom. The van der Waals surface area contributed by atoms with Gasteiger partial charge in [-0.05, 0) is 63.4 Å². The van der Waals surface area contributed by atoms with Gasteiger partial charge in [0, 0.05) is 24.3 Å². The summed E-state index contributed by atoms with van der Waals surface area (Å²) >= 11 is 0. The third-order valence-electron chi connectivity index (χ3n) is 4.19. The van der Waals surface area contributed by atoms with Crippen molar-refractivity contribution in [1.82, 2.24) is 5.32 Å². The molecule has 0 spiro atoms. The highest BCUT2D eigenvalue weighted by atomic mass is 15.2. The summed E-state index contributed by atoms with van der Waals surface area (Å²) in [4.78, 5) is 2.56. The summed E-state index contributed by atoms with van der Waals surface area (Å²) in [6, 6.07) is 8.18. The number of rotatable bonds is 3. The van der Waals surface area contributed by atoms with Crippen LogP contribution >= 0.6 is 0 Å². The lowest BCUT2D eigenvalue weighted by molar-refractivity contribution is 0.374. The van der Waals surface area contributed by atoms with Crippen LogP contribution in [0.5, 0.6) is 0 Å². The van der Waals surface area contributed by atoms with Gasteiger partial charge in [0.2, 0.25) is 0 Å². The molecule has 18 heavy (non-hydrogen) atoms. The molecule has 1 fully saturated rings. The first-order valence-electron chi connectivity index (χ1n) is 7.19. The minimum Gasteiger partial charge on any atom is -0.369 e. The zero-order chi connectivity index (χ0) is 13.1. The van der Waals surface area contributed by atoms with Crippen LogP contribution in [-0.4, -0.2) is 25.2 Å². The lowest BCUT2D eigenvalue weighted by Gasteiger charge is -2.39. The molecule has 0 aromatic heterocycles. The van der Waals surface area contributed by atoms with Crippen LogP contribution in [0.1, 0.15) is 37.8 Å². The Bertz CT molecular complexity index is 400. The van der Waals surface area contributed by atoms with Gasteiger partial charge >= 0.3 is 0 Å². The second-order valence-electron chi connectivity index (χ2n) is 5.59. The summed E-state index contributed by atoms with van der Waals surface area (Å²) < 4.78 is 0. The maximum absolute atomic E-state index is 3.58. The monoisotopic (exact) mass is 246 g/mol. The van der Waals surface area contributed by atoms with Crippen molar-refractivity contribution in [3.8, 4) is 0 Å². The van der Waals surface area contributed by atoms with Crippen LogP contribution in [0.15, 0.2) is 18.2 Å². The molecule has 0 saturated carbocycles. The Hall–Kier alpha value is -1.02. The predicted octanol–water partition coefficient (Wildman–Crippen LogP) is 3.27. The van der Waals surface area contributed by atoms with Crippen LogP contribution in [-0.2, 0) is 0 Å². The lowest BCUT2D eigenvalue weighted by Crippen LogP contribution is -2.47. The van der Waals surface area contributed by atoms with Crippen LogP contribution in [0.3, 0.4) is 0 Å². The van der Waals surface area contributed by atoms with Crippen molar-refractivity contribution in [2.75, 3.05) is 18.0 Å². The molecule has 1 aromatic rings. The molecule has 100 valence electrons. The molecule has 2 nitrogen and oxygen atoms in total. The quantitative estimate of drug-likeness (QED) is 0.880. The van der Waals surface area contributed by atoms with E-state index in [1.165, 1.54) is 36.2 Å².